The topological polar surface area (TPSA) is 173 Å². The van der Waals surface area contributed by atoms with E-state index in [1.54, 1.807) is 0 Å². The van der Waals surface area contributed by atoms with E-state index in [0.717, 1.165) is 35.7 Å². The molecule has 0 aromatic rings. The summed E-state index contributed by atoms with van der Waals surface area (Å²) in [7, 11) is 3.97. The molecule has 0 bridgehead atoms. The summed E-state index contributed by atoms with van der Waals surface area (Å²) in [4.78, 5) is 28.8. The van der Waals surface area contributed by atoms with Crippen molar-refractivity contribution in [1.82, 2.24) is 5.32 Å². The van der Waals surface area contributed by atoms with Gasteiger partial charge in [-0.2, -0.15) is 0 Å². The molecule has 16 heteroatoms. The quantitative estimate of drug-likeness (QED) is 0.0368. The van der Waals surface area contributed by atoms with Gasteiger partial charge in [0.05, 0.1) is 66.1 Å². The van der Waals surface area contributed by atoms with E-state index in [4.69, 9.17) is 47.9 Å². The van der Waals surface area contributed by atoms with Crippen molar-refractivity contribution < 1.29 is 64.2 Å². The van der Waals surface area contributed by atoms with E-state index in [9.17, 15) is 14.8 Å². The number of aliphatic hydroxyl groups is 1. The average molecular weight is 808 g/mol. The van der Waals surface area contributed by atoms with E-state index < -0.39 is 29.2 Å². The average Bonchev–Trinajstić information content (AvgIpc) is 3.42. The third kappa shape index (κ3) is 9.47. The SMILES string of the molecule is CC(C)[C@]12O[C@H]1O[C@]1(C)[C@@]3(C)CCC4=C(COC4=O)[C@@H]3CO[C@]1(C)[C@@H]2OO.O=C(CCCCC1CCSS1)NCCOCCOCCOCCOCCO.[HH]. The van der Waals surface area contributed by atoms with Gasteiger partial charge in [0, 0.05) is 42.3 Å². The zero-order valence-electron chi connectivity index (χ0n) is 32.7. The number of carbonyl (C=O) groups is 2. The molecule has 6 aliphatic rings. The predicted octanol–water partition coefficient (Wildman–Crippen LogP) is 4.56. The maximum absolute atomic E-state index is 12.1. The van der Waals surface area contributed by atoms with Crippen LogP contribution in [0.1, 0.15) is 81.0 Å². The minimum atomic E-state index is -0.897. The van der Waals surface area contributed by atoms with Crippen molar-refractivity contribution in [2.75, 3.05) is 85.0 Å². The number of ether oxygens (including phenoxy) is 8. The van der Waals surface area contributed by atoms with Crippen molar-refractivity contribution in [3.05, 3.63) is 11.1 Å². The summed E-state index contributed by atoms with van der Waals surface area (Å²) < 4.78 is 45.5. The maximum atomic E-state index is 12.1. The van der Waals surface area contributed by atoms with Gasteiger partial charge >= 0.3 is 5.97 Å². The van der Waals surface area contributed by atoms with Crippen LogP contribution in [0.25, 0.3) is 0 Å². The van der Waals surface area contributed by atoms with Gasteiger partial charge in [-0.05, 0) is 57.4 Å². The van der Waals surface area contributed by atoms with Gasteiger partial charge in [-0.15, -0.1) is 0 Å². The second-order valence-corrected chi connectivity index (χ2v) is 18.4. The summed E-state index contributed by atoms with van der Waals surface area (Å²) in [5, 5.41) is 22.1. The van der Waals surface area contributed by atoms with Crippen molar-refractivity contribution in [3.63, 3.8) is 0 Å². The monoisotopic (exact) mass is 807 g/mol. The first-order valence-electron chi connectivity index (χ1n) is 19.6. The number of nitrogens with one attached hydrogen (secondary N) is 1. The van der Waals surface area contributed by atoms with E-state index in [1.165, 1.54) is 18.6 Å². The molecule has 14 nitrogen and oxygen atoms in total. The first kappa shape index (κ1) is 44.1. The van der Waals surface area contributed by atoms with Crippen LogP contribution in [-0.2, 0) is 52.4 Å². The minimum Gasteiger partial charge on any atom is -0.458 e. The Balaban J connectivity index is 0.000000240. The second-order valence-electron chi connectivity index (χ2n) is 15.7. The number of carbonyl (C=O) groups excluding carboxylic acids is 2. The molecular weight excluding hydrogens is 743 g/mol. The van der Waals surface area contributed by atoms with Crippen LogP contribution >= 0.6 is 21.6 Å². The number of cyclic esters (lactones) is 1. The van der Waals surface area contributed by atoms with Gasteiger partial charge < -0.3 is 48.3 Å². The summed E-state index contributed by atoms with van der Waals surface area (Å²) in [5.41, 5.74) is -0.833. The largest absolute Gasteiger partial charge is 0.458 e. The Morgan fingerprint density at radius 3 is 2.31 bits per heavy atom. The van der Waals surface area contributed by atoms with Gasteiger partial charge in [0.2, 0.25) is 5.91 Å². The summed E-state index contributed by atoms with van der Waals surface area (Å²) in [6, 6.07) is 0. The van der Waals surface area contributed by atoms with E-state index in [2.05, 4.69) is 12.2 Å². The fourth-order valence-corrected chi connectivity index (χ4v) is 11.8. The lowest BCUT2D eigenvalue weighted by Gasteiger charge is -2.66. The van der Waals surface area contributed by atoms with Gasteiger partial charge in [0.15, 0.2) is 18.0 Å². The fraction of sp³-hybridized carbons (Fsp3) is 0.895. The molecule has 3 N–H and O–H groups in total. The number of rotatable bonds is 21. The van der Waals surface area contributed by atoms with Gasteiger partial charge in [-0.3, -0.25) is 10.1 Å². The Hall–Kier alpha value is -1.02. The van der Waals surface area contributed by atoms with Crippen molar-refractivity contribution in [1.29, 1.82) is 0 Å². The molecule has 4 saturated heterocycles. The third-order valence-electron chi connectivity index (χ3n) is 12.4. The number of esters is 1. The summed E-state index contributed by atoms with van der Waals surface area (Å²) in [6.07, 6.45) is 5.61. The Kier molecular flexibility index (Phi) is 16.4. The highest BCUT2D eigenvalue weighted by molar-refractivity contribution is 8.77. The molecule has 0 aromatic carbocycles. The van der Waals surface area contributed by atoms with Crippen molar-refractivity contribution in [2.45, 2.75) is 114 Å². The summed E-state index contributed by atoms with van der Waals surface area (Å²) in [6.45, 7) is 15.5. The van der Waals surface area contributed by atoms with Crippen molar-refractivity contribution >= 4 is 33.5 Å². The minimum absolute atomic E-state index is 0. The summed E-state index contributed by atoms with van der Waals surface area (Å²) >= 11 is 0. The molecule has 5 aliphatic heterocycles. The lowest BCUT2D eigenvalue weighted by molar-refractivity contribution is -0.405. The van der Waals surface area contributed by atoms with Crippen molar-refractivity contribution in [2.24, 2.45) is 17.3 Å². The van der Waals surface area contributed by atoms with Crippen LogP contribution in [0.4, 0.5) is 0 Å². The van der Waals surface area contributed by atoms with Crippen LogP contribution in [0.5, 0.6) is 0 Å². The smallest absolute Gasteiger partial charge is 0.334 e. The number of aliphatic hydroxyl groups excluding tert-OH is 1. The van der Waals surface area contributed by atoms with Crippen molar-refractivity contribution in [3.8, 4) is 0 Å². The third-order valence-corrected chi connectivity index (χ3v) is 15.4. The molecule has 0 radical (unpaired) electrons. The zero-order valence-corrected chi connectivity index (χ0v) is 34.4. The van der Waals surface area contributed by atoms with E-state index in [0.29, 0.717) is 85.5 Å². The lowest BCUT2D eigenvalue weighted by Crippen LogP contribution is -2.78. The molecule has 54 heavy (non-hydrogen) atoms. The first-order valence-corrected chi connectivity index (χ1v) is 22.0. The Morgan fingerprint density at radius 2 is 1.69 bits per heavy atom. The van der Waals surface area contributed by atoms with E-state index in [-0.39, 0.29) is 37.2 Å². The maximum Gasteiger partial charge on any atom is 0.334 e. The highest BCUT2D eigenvalue weighted by atomic mass is 33.1. The molecule has 0 spiro atoms. The number of epoxide rings is 1. The van der Waals surface area contributed by atoms with Gasteiger partial charge in [-0.1, -0.05) is 48.8 Å². The second kappa shape index (κ2) is 20.1. The molecule has 0 aromatic heterocycles. The molecule has 1 amide bonds. The molecule has 8 atom stereocenters. The van der Waals surface area contributed by atoms with Gasteiger partial charge in [0.25, 0.3) is 0 Å². The van der Waals surface area contributed by atoms with Gasteiger partial charge in [0.1, 0.15) is 17.8 Å². The summed E-state index contributed by atoms with van der Waals surface area (Å²) in [5.74, 6) is 1.31. The Morgan fingerprint density at radius 1 is 1.00 bits per heavy atom. The molecule has 1 unspecified atom stereocenters. The number of fused-ring (bicyclic) bond motifs is 5. The normalized spacial score (nSPS) is 35.1. The highest BCUT2D eigenvalue weighted by Crippen LogP contribution is 2.68. The highest BCUT2D eigenvalue weighted by Gasteiger charge is 2.83. The standard InChI is InChI=1S/C20H28O7.C18H35NO6S2.H2/c1-10(2)20-15(27-22)18(4)19(5,25-16(20)26-20)17(3)7-6-11-12(8-23-14(11)21)13(17)9-24-18;20-7-9-23-11-13-25-15-14-24-12-10-22-8-6-19-18(21)4-2-1-3-17-5-16-26-27-17;/h10,13,15-16,22H,6-9H2,1-5H3;17,20H,1-16H2,(H,19,21);1H/t13-,15-,16+,17-,18+,19+,20+;;/m0../s1. The van der Waals surface area contributed by atoms with Crippen LogP contribution < -0.4 is 5.32 Å². The Labute approximate surface area is 329 Å². The number of hydrogen-bond donors (Lipinski definition) is 3. The zero-order chi connectivity index (χ0) is 38.8. The van der Waals surface area contributed by atoms with Crippen LogP contribution in [0.3, 0.4) is 0 Å². The lowest BCUT2D eigenvalue weighted by atomic mass is 9.50. The molecule has 312 valence electrons. The number of hydrogen-bond acceptors (Lipinski definition) is 15. The van der Waals surface area contributed by atoms with E-state index >= 15 is 0 Å². The van der Waals surface area contributed by atoms with Crippen LogP contribution in [-0.4, -0.2) is 142 Å². The molecule has 0 saturated carbocycles. The molecule has 4 fully saturated rings. The Bertz CT molecular complexity index is 1280. The fourth-order valence-electron chi connectivity index (χ4n) is 8.75. The predicted molar refractivity (Wildman–Crippen MR) is 205 cm³/mol. The van der Waals surface area contributed by atoms with E-state index in [1.807, 2.05) is 49.3 Å². The van der Waals surface area contributed by atoms with Crippen LogP contribution in [0.2, 0.25) is 0 Å². The molecule has 5 heterocycles. The molecule has 1 aliphatic carbocycles. The molecular formula is C38H65NO13S2. The number of unbranched alkanes of at least 4 members (excludes halogenated alkanes) is 1. The first-order chi connectivity index (χ1) is 26.0. The number of amides is 1. The molecule has 6 rings (SSSR count). The van der Waals surface area contributed by atoms with Crippen LogP contribution in [0.15, 0.2) is 11.1 Å². The van der Waals surface area contributed by atoms with Crippen LogP contribution in [0, 0.1) is 17.3 Å². The van der Waals surface area contributed by atoms with Gasteiger partial charge in [-0.25, -0.2) is 9.68 Å².